The fraction of sp³-hybridized carbons (Fsp3) is 0.412. The highest BCUT2D eigenvalue weighted by Crippen LogP contribution is 2.40. The molecule has 2 heterocycles. The van der Waals surface area contributed by atoms with Gasteiger partial charge in [0.2, 0.25) is 0 Å². The van der Waals surface area contributed by atoms with Crippen LogP contribution >= 0.6 is 0 Å². The number of carbonyl (C=O) groups is 1. The molecule has 2 aromatic rings. The summed E-state index contributed by atoms with van der Waals surface area (Å²) in [6, 6.07) is 10.7. The first kappa shape index (κ1) is 13.7. The van der Waals surface area contributed by atoms with Crippen LogP contribution in [0, 0.1) is 11.8 Å². The van der Waals surface area contributed by atoms with Crippen molar-refractivity contribution in [2.24, 2.45) is 11.8 Å². The van der Waals surface area contributed by atoms with E-state index in [1.807, 2.05) is 24.4 Å². The Labute approximate surface area is 128 Å². The molecule has 114 valence electrons. The molecule has 22 heavy (non-hydrogen) atoms. The number of nitrogens with zero attached hydrogens (tertiary/aromatic N) is 1. The van der Waals surface area contributed by atoms with Gasteiger partial charge in [0.1, 0.15) is 0 Å². The maximum absolute atomic E-state index is 11.3. The Bertz CT molecular complexity index is 718. The number of para-hydroxylation sites is 1. The highest BCUT2D eigenvalue weighted by molar-refractivity contribution is 5.78. The van der Waals surface area contributed by atoms with Crippen LogP contribution in [-0.4, -0.2) is 22.1 Å². The van der Waals surface area contributed by atoms with Gasteiger partial charge >= 0.3 is 5.97 Å². The summed E-state index contributed by atoms with van der Waals surface area (Å²) < 4.78 is 0. The third-order valence-corrected chi connectivity index (χ3v) is 5.07. The monoisotopic (exact) mass is 297 g/mol. The fourth-order valence-corrected chi connectivity index (χ4v) is 3.87. The number of carboxylic acid groups (broad SMARTS) is 1. The molecule has 0 radical (unpaired) electrons. The Morgan fingerprint density at radius 2 is 2.09 bits per heavy atom. The van der Waals surface area contributed by atoms with Crippen LogP contribution in [-0.2, 0) is 4.79 Å². The second-order valence-corrected chi connectivity index (χ2v) is 6.35. The number of benzene rings is 1. The first-order valence-corrected chi connectivity index (χ1v) is 7.81. The van der Waals surface area contributed by atoms with Crippen molar-refractivity contribution in [3.8, 4) is 0 Å². The highest BCUT2D eigenvalue weighted by Gasteiger charge is 2.42. The number of hydrogen-bond donors (Lipinski definition) is 3. The molecule has 2 fully saturated rings. The molecule has 0 amide bonds. The third-order valence-electron chi connectivity index (χ3n) is 5.07. The van der Waals surface area contributed by atoms with E-state index in [1.165, 1.54) is 0 Å². The molecule has 1 aromatic heterocycles. The smallest absolute Gasteiger partial charge is 0.306 e. The number of aromatic nitrogens is 1. The quantitative estimate of drug-likeness (QED) is 0.793. The van der Waals surface area contributed by atoms with Gasteiger partial charge in [0.05, 0.1) is 17.5 Å². The number of hydrazine groups is 1. The van der Waals surface area contributed by atoms with E-state index in [-0.39, 0.29) is 12.0 Å². The number of pyridine rings is 1. The SMILES string of the molecule is O=C(O)C1CCC2NNC(c3cnc4ccccc4c3)C2C1. The maximum Gasteiger partial charge on any atom is 0.306 e. The summed E-state index contributed by atoms with van der Waals surface area (Å²) in [4.78, 5) is 15.8. The predicted octanol–water partition coefficient (Wildman–Crippen LogP) is 2.25. The first-order chi connectivity index (χ1) is 10.7. The average molecular weight is 297 g/mol. The van der Waals surface area contributed by atoms with Gasteiger partial charge in [-0.1, -0.05) is 18.2 Å². The van der Waals surface area contributed by atoms with Gasteiger partial charge in [-0.3, -0.25) is 15.2 Å². The van der Waals surface area contributed by atoms with Crippen LogP contribution in [0.15, 0.2) is 36.5 Å². The molecule has 4 atom stereocenters. The third kappa shape index (κ3) is 2.26. The summed E-state index contributed by atoms with van der Waals surface area (Å²) in [6.45, 7) is 0. The van der Waals surface area contributed by atoms with E-state index < -0.39 is 5.97 Å². The van der Waals surface area contributed by atoms with Crippen molar-refractivity contribution in [1.29, 1.82) is 0 Å². The molecule has 3 N–H and O–H groups in total. The molecular weight excluding hydrogens is 278 g/mol. The van der Waals surface area contributed by atoms with Gasteiger partial charge in [0.15, 0.2) is 0 Å². The van der Waals surface area contributed by atoms with Gasteiger partial charge in [-0.25, -0.2) is 5.43 Å². The lowest BCUT2D eigenvalue weighted by Gasteiger charge is -2.31. The summed E-state index contributed by atoms with van der Waals surface area (Å²) in [5.41, 5.74) is 8.82. The van der Waals surface area contributed by atoms with Crippen molar-refractivity contribution >= 4 is 16.9 Å². The lowest BCUT2D eigenvalue weighted by atomic mass is 9.74. The summed E-state index contributed by atoms with van der Waals surface area (Å²) in [5, 5.41) is 10.4. The number of rotatable bonds is 2. The minimum Gasteiger partial charge on any atom is -0.481 e. The van der Waals surface area contributed by atoms with Crippen LogP contribution in [0.25, 0.3) is 10.9 Å². The Kier molecular flexibility index (Phi) is 3.32. The van der Waals surface area contributed by atoms with Gasteiger partial charge in [-0.05, 0) is 42.9 Å². The first-order valence-electron chi connectivity index (χ1n) is 7.81. The van der Waals surface area contributed by atoms with Gasteiger partial charge in [-0.2, -0.15) is 0 Å². The van der Waals surface area contributed by atoms with Crippen molar-refractivity contribution < 1.29 is 9.90 Å². The molecule has 5 heteroatoms. The Morgan fingerprint density at radius 3 is 2.95 bits per heavy atom. The Balaban J connectivity index is 1.64. The molecule has 1 saturated carbocycles. The number of hydrogen-bond acceptors (Lipinski definition) is 4. The van der Waals surface area contributed by atoms with Crippen molar-refractivity contribution in [2.75, 3.05) is 0 Å². The highest BCUT2D eigenvalue weighted by atomic mass is 16.4. The van der Waals surface area contributed by atoms with E-state index in [0.717, 1.165) is 35.7 Å². The van der Waals surface area contributed by atoms with Gasteiger partial charge in [0, 0.05) is 17.6 Å². The van der Waals surface area contributed by atoms with Crippen LogP contribution in [0.2, 0.25) is 0 Å². The summed E-state index contributed by atoms with van der Waals surface area (Å²) in [6.07, 6.45) is 4.30. The minimum absolute atomic E-state index is 0.129. The zero-order valence-electron chi connectivity index (χ0n) is 12.2. The molecule has 1 aromatic carbocycles. The topological polar surface area (TPSA) is 74.2 Å². The lowest BCUT2D eigenvalue weighted by Crippen LogP contribution is -2.36. The standard InChI is InChI=1S/C17H19N3O2/c21-17(22)11-5-6-15-13(8-11)16(20-19-15)12-7-10-3-1-2-4-14(10)18-9-12/h1-4,7,9,11,13,15-16,19-20H,5-6,8H2,(H,21,22). The van der Waals surface area contributed by atoms with E-state index in [0.29, 0.717) is 12.0 Å². The van der Waals surface area contributed by atoms with E-state index in [1.54, 1.807) is 0 Å². The van der Waals surface area contributed by atoms with Gasteiger partial charge in [0.25, 0.3) is 0 Å². The second kappa shape index (κ2) is 5.34. The Morgan fingerprint density at radius 1 is 1.23 bits per heavy atom. The van der Waals surface area contributed by atoms with Crippen molar-refractivity contribution in [1.82, 2.24) is 15.8 Å². The molecule has 0 spiro atoms. The van der Waals surface area contributed by atoms with Gasteiger partial charge in [-0.15, -0.1) is 0 Å². The van der Waals surface area contributed by atoms with Crippen LogP contribution in [0.4, 0.5) is 0 Å². The molecule has 5 nitrogen and oxygen atoms in total. The molecule has 0 bridgehead atoms. The van der Waals surface area contributed by atoms with E-state index in [2.05, 4.69) is 28.0 Å². The normalized spacial score (nSPS) is 31.1. The van der Waals surface area contributed by atoms with Crippen molar-refractivity contribution in [2.45, 2.75) is 31.3 Å². The summed E-state index contributed by atoms with van der Waals surface area (Å²) >= 11 is 0. The van der Waals surface area contributed by atoms with Crippen molar-refractivity contribution in [3.63, 3.8) is 0 Å². The van der Waals surface area contributed by atoms with Crippen LogP contribution < -0.4 is 10.9 Å². The zero-order chi connectivity index (χ0) is 15.1. The molecule has 2 aliphatic rings. The minimum atomic E-state index is -0.666. The van der Waals surface area contributed by atoms with E-state index in [9.17, 15) is 9.90 Å². The zero-order valence-corrected chi connectivity index (χ0v) is 12.2. The average Bonchev–Trinajstić information content (AvgIpc) is 2.97. The maximum atomic E-state index is 11.3. The lowest BCUT2D eigenvalue weighted by molar-refractivity contribution is -0.143. The largest absolute Gasteiger partial charge is 0.481 e. The molecule has 4 unspecified atom stereocenters. The van der Waals surface area contributed by atoms with Crippen LogP contribution in [0.3, 0.4) is 0 Å². The van der Waals surface area contributed by atoms with Crippen LogP contribution in [0.5, 0.6) is 0 Å². The molecule has 1 saturated heterocycles. The summed E-state index contributed by atoms with van der Waals surface area (Å²) in [5.74, 6) is -0.586. The number of fused-ring (bicyclic) bond motifs is 2. The van der Waals surface area contributed by atoms with Crippen molar-refractivity contribution in [3.05, 3.63) is 42.1 Å². The van der Waals surface area contributed by atoms with E-state index in [4.69, 9.17) is 0 Å². The van der Waals surface area contributed by atoms with E-state index >= 15 is 0 Å². The number of aliphatic carboxylic acids is 1. The molecular formula is C17H19N3O2. The second-order valence-electron chi connectivity index (χ2n) is 6.35. The molecule has 1 aliphatic heterocycles. The summed E-state index contributed by atoms with van der Waals surface area (Å²) in [7, 11) is 0. The number of nitrogens with one attached hydrogen (secondary N) is 2. The van der Waals surface area contributed by atoms with Crippen LogP contribution in [0.1, 0.15) is 30.9 Å². The molecule has 1 aliphatic carbocycles. The Hall–Kier alpha value is -1.98. The number of carboxylic acids is 1. The van der Waals surface area contributed by atoms with Gasteiger partial charge < -0.3 is 5.11 Å². The fourth-order valence-electron chi connectivity index (χ4n) is 3.87. The predicted molar refractivity (Wildman–Crippen MR) is 83.0 cm³/mol. The molecule has 4 rings (SSSR count).